The zero-order valence-corrected chi connectivity index (χ0v) is 40.0. The molecule has 4 aliphatic rings. The number of carboxylic acids is 1. The van der Waals surface area contributed by atoms with Gasteiger partial charge in [0.2, 0.25) is 0 Å². The van der Waals surface area contributed by atoms with Gasteiger partial charge < -0.3 is 29.8 Å². The molecule has 1 amide bonds. The molecule has 360 valence electrons. The number of amides is 1. The number of aromatic carboxylic acids is 1. The quantitative estimate of drug-likeness (QED) is 0.0591. The standard InChI is InChI=1S/C49H63N8O7PS.CH4/c1-32-24-48(3)26-36(64-22-21-55(19-7-23-65(61,62)63)35-14-17-50-18-15-35)27-49(25-32,30-48)31-57-33(2)39(28-51-57)37-12-13-43(53-44(37)46(59)60)56-20-16-34-8-6-9-38(40(34)29-56)45(58)54-47-52-41-10-4-5-11-42(41)66-47;/h4-6,8-13,28,32,35-36,50H,7,14-27,29-31H2,1-3H3,(H,59,60)(H,52,54,58)(H2,61,62,63);1H4. The fraction of sp³-hybridized carbons (Fsp3) is 0.540. The van der Waals surface area contributed by atoms with E-state index in [0.717, 1.165) is 97.2 Å². The third-order valence-electron chi connectivity index (χ3n) is 14.6. The van der Waals surface area contributed by atoms with Gasteiger partial charge in [0.1, 0.15) is 5.82 Å². The molecule has 2 aliphatic heterocycles. The Hall–Kier alpha value is -4.54. The lowest BCUT2D eigenvalue weighted by molar-refractivity contribution is -0.112. The van der Waals surface area contributed by atoms with E-state index in [1.165, 1.54) is 11.3 Å². The summed E-state index contributed by atoms with van der Waals surface area (Å²) >= 11 is 1.43. The van der Waals surface area contributed by atoms with Crippen LogP contribution in [0.15, 0.2) is 60.8 Å². The van der Waals surface area contributed by atoms with Gasteiger partial charge in [0.25, 0.3) is 5.91 Å². The fourth-order valence-corrected chi connectivity index (χ4v) is 13.6. The fourth-order valence-electron chi connectivity index (χ4n) is 12.2. The summed E-state index contributed by atoms with van der Waals surface area (Å²) in [5, 5.41) is 22.5. The Balaban J connectivity index is 0.00000608. The van der Waals surface area contributed by atoms with Crippen LogP contribution in [0, 0.1) is 23.7 Å². The molecule has 4 unspecified atom stereocenters. The van der Waals surface area contributed by atoms with E-state index in [9.17, 15) is 29.0 Å². The highest BCUT2D eigenvalue weighted by Gasteiger charge is 2.51. The van der Waals surface area contributed by atoms with Crippen LogP contribution in [0.5, 0.6) is 0 Å². The molecule has 5 aromatic rings. The smallest absolute Gasteiger partial charge is 0.355 e. The van der Waals surface area contributed by atoms with Crippen LogP contribution in [-0.2, 0) is 28.8 Å². The molecule has 2 bridgehead atoms. The van der Waals surface area contributed by atoms with E-state index < -0.39 is 13.6 Å². The van der Waals surface area contributed by atoms with Crippen LogP contribution in [0.25, 0.3) is 21.3 Å². The minimum absolute atomic E-state index is 0. The van der Waals surface area contributed by atoms with Crippen LogP contribution in [0.2, 0.25) is 0 Å². The number of carbonyl (C=O) groups excluding carboxylic acids is 1. The molecule has 17 heteroatoms. The summed E-state index contributed by atoms with van der Waals surface area (Å²) in [6, 6.07) is 17.7. The molecule has 9 rings (SSSR count). The van der Waals surface area contributed by atoms with Crippen molar-refractivity contribution in [3.63, 3.8) is 0 Å². The second-order valence-corrected chi connectivity index (χ2v) is 22.7. The number of anilines is 2. The minimum atomic E-state index is -4.05. The molecule has 67 heavy (non-hydrogen) atoms. The number of thiazole rings is 1. The Bertz CT molecular complexity index is 2590. The molecular formula is C50H67N8O7PS. The van der Waals surface area contributed by atoms with Gasteiger partial charge in [-0.2, -0.15) is 5.10 Å². The van der Waals surface area contributed by atoms with Crippen molar-refractivity contribution in [2.45, 2.75) is 111 Å². The summed E-state index contributed by atoms with van der Waals surface area (Å²) in [5.41, 5.74) is 5.56. The molecule has 3 aromatic heterocycles. The van der Waals surface area contributed by atoms with E-state index in [4.69, 9.17) is 14.8 Å². The predicted octanol–water partition coefficient (Wildman–Crippen LogP) is 8.63. The van der Waals surface area contributed by atoms with Crippen molar-refractivity contribution in [2.24, 2.45) is 16.7 Å². The molecule has 0 spiro atoms. The summed E-state index contributed by atoms with van der Waals surface area (Å²) in [6.07, 6.45) is 10.1. The maximum absolute atomic E-state index is 13.7. The molecule has 2 aliphatic carbocycles. The lowest BCUT2D eigenvalue weighted by atomic mass is 9.52. The van der Waals surface area contributed by atoms with Crippen LogP contribution >= 0.6 is 18.9 Å². The molecule has 2 saturated carbocycles. The van der Waals surface area contributed by atoms with Crippen molar-refractivity contribution in [3.8, 4) is 11.1 Å². The van der Waals surface area contributed by atoms with Gasteiger partial charge in [0, 0.05) is 54.6 Å². The van der Waals surface area contributed by atoms with E-state index in [1.54, 1.807) is 6.20 Å². The largest absolute Gasteiger partial charge is 0.476 e. The minimum Gasteiger partial charge on any atom is -0.476 e. The van der Waals surface area contributed by atoms with E-state index in [1.807, 2.05) is 66.4 Å². The molecule has 0 radical (unpaired) electrons. The zero-order valence-electron chi connectivity index (χ0n) is 38.2. The normalized spacial score (nSPS) is 23.2. The molecule has 1 saturated heterocycles. The van der Waals surface area contributed by atoms with Crippen molar-refractivity contribution in [3.05, 3.63) is 88.9 Å². The number of nitrogens with zero attached hydrogens (tertiary/aromatic N) is 6. The van der Waals surface area contributed by atoms with Crippen LogP contribution in [0.4, 0.5) is 10.9 Å². The Labute approximate surface area is 397 Å². The van der Waals surface area contributed by atoms with Gasteiger partial charge in [-0.1, -0.05) is 56.9 Å². The number of hydrogen-bond donors (Lipinski definition) is 5. The van der Waals surface area contributed by atoms with Gasteiger partial charge in [0.15, 0.2) is 10.8 Å². The van der Waals surface area contributed by atoms with E-state index in [0.29, 0.717) is 79.7 Å². The highest BCUT2D eigenvalue weighted by Crippen LogP contribution is 2.58. The second kappa shape index (κ2) is 20.2. The Morgan fingerprint density at radius 2 is 1.82 bits per heavy atom. The van der Waals surface area contributed by atoms with Crippen LogP contribution in [0.3, 0.4) is 0 Å². The number of piperidine rings is 1. The number of para-hydroxylation sites is 1. The molecule has 2 aromatic carbocycles. The van der Waals surface area contributed by atoms with Crippen molar-refractivity contribution in [1.82, 2.24) is 30.0 Å². The van der Waals surface area contributed by atoms with Crippen LogP contribution in [0.1, 0.15) is 110 Å². The van der Waals surface area contributed by atoms with E-state index >= 15 is 0 Å². The van der Waals surface area contributed by atoms with Crippen LogP contribution in [-0.4, -0.2) is 109 Å². The second-order valence-electron chi connectivity index (χ2n) is 19.9. The highest BCUT2D eigenvalue weighted by molar-refractivity contribution is 7.51. The Kier molecular flexibility index (Phi) is 14.7. The number of carboxylic acid groups (broad SMARTS) is 1. The number of carbonyl (C=O) groups is 2. The van der Waals surface area contributed by atoms with Gasteiger partial charge in [-0.25, -0.2) is 14.8 Å². The van der Waals surface area contributed by atoms with Gasteiger partial charge >= 0.3 is 13.6 Å². The zero-order chi connectivity index (χ0) is 46.2. The third-order valence-corrected chi connectivity index (χ3v) is 16.4. The number of nitrogens with one attached hydrogen (secondary N) is 2. The first kappa shape index (κ1) is 48.9. The van der Waals surface area contributed by atoms with E-state index in [2.05, 4.69) is 39.0 Å². The lowest BCUT2D eigenvalue weighted by Gasteiger charge is -2.55. The van der Waals surface area contributed by atoms with Gasteiger partial charge in [-0.05, 0) is 143 Å². The molecule has 15 nitrogen and oxygen atoms in total. The van der Waals surface area contributed by atoms with Crippen LogP contribution < -0.4 is 15.5 Å². The average Bonchev–Trinajstić information content (AvgIpc) is 3.85. The molecule has 4 atom stereocenters. The third kappa shape index (κ3) is 11.2. The molecule has 5 heterocycles. The topological polar surface area (TPSA) is 195 Å². The average molecular weight is 955 g/mol. The maximum atomic E-state index is 13.7. The number of fused-ring (bicyclic) bond motifs is 4. The number of benzene rings is 2. The van der Waals surface area contributed by atoms with Crippen molar-refractivity contribution >= 4 is 52.0 Å². The van der Waals surface area contributed by atoms with Crippen molar-refractivity contribution in [1.29, 1.82) is 0 Å². The van der Waals surface area contributed by atoms with E-state index in [-0.39, 0.29) is 42.1 Å². The number of ether oxygens (including phenoxy) is 1. The lowest BCUT2D eigenvalue weighted by Crippen LogP contribution is -2.50. The van der Waals surface area contributed by atoms with Gasteiger partial charge in [-0.3, -0.25) is 24.3 Å². The summed E-state index contributed by atoms with van der Waals surface area (Å²) in [5.74, 6) is -0.264. The summed E-state index contributed by atoms with van der Waals surface area (Å²) in [4.78, 5) is 59.5. The SMILES string of the molecule is C.Cc1c(-c2ccc(N3CCc4cccc(C(=O)Nc5nc6ccccc6s5)c4C3)nc2C(=O)O)cnn1CC12CC(C)CC(C)(CC(OCCN(CCCP(=O)(O)O)C3CCNCC3)C1)C2. The summed E-state index contributed by atoms with van der Waals surface area (Å²) in [7, 11) is -4.05. The molecular weight excluding hydrogens is 888 g/mol. The first-order valence-corrected chi connectivity index (χ1v) is 26.2. The van der Waals surface area contributed by atoms with Crippen molar-refractivity contribution in [2.75, 3.05) is 55.7 Å². The molecule has 3 fully saturated rings. The van der Waals surface area contributed by atoms with Gasteiger partial charge in [0.05, 0.1) is 35.3 Å². The summed E-state index contributed by atoms with van der Waals surface area (Å²) < 4.78 is 21.5. The number of rotatable bonds is 16. The number of pyridine rings is 1. The summed E-state index contributed by atoms with van der Waals surface area (Å²) in [6.45, 7) is 12.4. The molecule has 5 N–H and O–H groups in total. The van der Waals surface area contributed by atoms with Crippen molar-refractivity contribution < 1.29 is 33.8 Å². The first-order valence-electron chi connectivity index (χ1n) is 23.5. The number of aromatic nitrogens is 4. The predicted molar refractivity (Wildman–Crippen MR) is 264 cm³/mol. The highest BCUT2D eigenvalue weighted by atomic mass is 32.1. The van der Waals surface area contributed by atoms with Gasteiger partial charge in [-0.15, -0.1) is 0 Å². The first-order chi connectivity index (χ1) is 31.6. The maximum Gasteiger partial charge on any atom is 0.355 e. The number of hydrogen-bond acceptors (Lipinski definition) is 11. The monoisotopic (exact) mass is 954 g/mol. The Morgan fingerprint density at radius 1 is 1.01 bits per heavy atom. The Morgan fingerprint density at radius 3 is 2.60 bits per heavy atom.